The molecule has 0 spiro atoms. The van der Waals surface area contributed by atoms with Crippen molar-refractivity contribution < 1.29 is 9.36 Å². The van der Waals surface area contributed by atoms with Crippen LogP contribution in [0.15, 0.2) is 59.6 Å². The van der Waals surface area contributed by atoms with Crippen LogP contribution in [0, 0.1) is 5.41 Å². The molecule has 0 bridgehead atoms. The number of aromatic nitrogens is 2. The summed E-state index contributed by atoms with van der Waals surface area (Å²) in [5.74, 6) is -0.226. The van der Waals surface area contributed by atoms with Gasteiger partial charge in [-0.1, -0.05) is 0 Å². The highest BCUT2D eigenvalue weighted by Gasteiger charge is 2.29. The van der Waals surface area contributed by atoms with Gasteiger partial charge in [0.25, 0.3) is 0 Å². The predicted molar refractivity (Wildman–Crippen MR) is 113 cm³/mol. The van der Waals surface area contributed by atoms with Crippen molar-refractivity contribution in [1.29, 1.82) is 5.41 Å². The molecular weight excluding hydrogens is 374 g/mol. The lowest BCUT2D eigenvalue weighted by molar-refractivity contribution is -0.671. The number of aliphatic imine (C=N–C) groups is 1. The lowest BCUT2D eigenvalue weighted by Crippen LogP contribution is -2.34. The molecule has 146 valence electrons. The fourth-order valence-corrected chi connectivity index (χ4v) is 3.41. The second kappa shape index (κ2) is 8.52. The van der Waals surface area contributed by atoms with Crippen LogP contribution in [0.25, 0.3) is 0 Å². The van der Waals surface area contributed by atoms with Gasteiger partial charge in [-0.3, -0.25) is 4.79 Å². The van der Waals surface area contributed by atoms with E-state index in [1.807, 2.05) is 42.1 Å². The highest BCUT2D eigenvalue weighted by molar-refractivity contribution is 6.63. The second-order valence-electron chi connectivity index (χ2n) is 6.88. The average molecular weight is 399 g/mol. The normalized spacial score (nSPS) is 18.5. The van der Waals surface area contributed by atoms with Crippen LogP contribution in [0.1, 0.15) is 13.8 Å². The number of rotatable bonds is 6. The summed E-state index contributed by atoms with van der Waals surface area (Å²) >= 11 is 6.04. The van der Waals surface area contributed by atoms with Gasteiger partial charge >= 0.3 is 0 Å². The molecule has 28 heavy (non-hydrogen) atoms. The summed E-state index contributed by atoms with van der Waals surface area (Å²) in [5, 5.41) is 7.11. The van der Waals surface area contributed by atoms with E-state index in [1.165, 1.54) is 0 Å². The number of imidazole rings is 1. The summed E-state index contributed by atoms with van der Waals surface area (Å²) in [6, 6.07) is 7.92. The highest BCUT2D eigenvalue weighted by Crippen LogP contribution is 2.22. The summed E-state index contributed by atoms with van der Waals surface area (Å²) in [6.45, 7) is 6.56. The number of nitrogens with one attached hydrogen (secondary N) is 1. The van der Waals surface area contributed by atoms with Crippen LogP contribution < -0.4 is 9.47 Å². The number of halogens is 1. The molecule has 1 unspecified atom stereocenters. The maximum absolute atomic E-state index is 11.8. The number of benzene rings is 1. The first-order valence-corrected chi connectivity index (χ1v) is 9.72. The van der Waals surface area contributed by atoms with Gasteiger partial charge in [0.15, 0.2) is 5.78 Å². The molecule has 0 fully saturated rings. The molecule has 3 rings (SSSR count). The molecule has 0 aliphatic heterocycles. The maximum atomic E-state index is 11.8. The van der Waals surface area contributed by atoms with E-state index in [-0.39, 0.29) is 11.5 Å². The van der Waals surface area contributed by atoms with Crippen LogP contribution >= 0.6 is 11.6 Å². The summed E-state index contributed by atoms with van der Waals surface area (Å²) in [5.41, 5.74) is 2.88. The highest BCUT2D eigenvalue weighted by atomic mass is 35.5. The van der Waals surface area contributed by atoms with E-state index < -0.39 is 5.38 Å². The van der Waals surface area contributed by atoms with Gasteiger partial charge in [-0.15, -0.1) is 11.6 Å². The number of alkyl halides is 1. The van der Waals surface area contributed by atoms with Crippen LogP contribution in [0.3, 0.4) is 0 Å². The Labute approximate surface area is 170 Å². The Bertz CT molecular complexity index is 942. The Hall–Kier alpha value is -2.73. The fourth-order valence-electron chi connectivity index (χ4n) is 3.12. The molecule has 2 aromatic rings. The van der Waals surface area contributed by atoms with E-state index in [9.17, 15) is 4.79 Å². The molecule has 1 aliphatic rings. The topological polar surface area (TPSA) is 65.3 Å². The van der Waals surface area contributed by atoms with Gasteiger partial charge in [-0.25, -0.2) is 14.1 Å². The second-order valence-corrected chi connectivity index (χ2v) is 7.31. The van der Waals surface area contributed by atoms with E-state index in [4.69, 9.17) is 17.0 Å². The van der Waals surface area contributed by atoms with Crippen molar-refractivity contribution in [2.24, 2.45) is 12.0 Å². The van der Waals surface area contributed by atoms with Gasteiger partial charge in [-0.2, -0.15) is 0 Å². The first-order valence-electron chi connectivity index (χ1n) is 9.29. The van der Waals surface area contributed by atoms with Gasteiger partial charge in [0, 0.05) is 12.2 Å². The van der Waals surface area contributed by atoms with E-state index in [0.29, 0.717) is 11.3 Å². The minimum atomic E-state index is -0.950. The molecule has 1 aromatic heterocycles. The van der Waals surface area contributed by atoms with Gasteiger partial charge in [0.05, 0.1) is 30.7 Å². The first-order chi connectivity index (χ1) is 13.4. The monoisotopic (exact) mass is 398 g/mol. The maximum Gasteiger partial charge on any atom is 0.243 e. The minimum absolute atomic E-state index is 0.0522. The van der Waals surface area contributed by atoms with Gasteiger partial charge in [0.2, 0.25) is 6.33 Å². The van der Waals surface area contributed by atoms with Gasteiger partial charge < -0.3 is 10.3 Å². The first kappa shape index (κ1) is 20.0. The zero-order valence-electron chi connectivity index (χ0n) is 16.4. The average Bonchev–Trinajstić information content (AvgIpc) is 3.11. The largest absolute Gasteiger partial charge is 0.368 e. The number of ketones is 1. The molecule has 1 atom stereocenters. The van der Waals surface area contributed by atoms with Crippen LogP contribution in [-0.2, 0) is 18.4 Å². The molecule has 0 saturated heterocycles. The number of aryl methyl sites for hydroxylation is 1. The zero-order chi connectivity index (χ0) is 20.3. The number of hydrogen-bond acceptors (Lipinski definition) is 4. The Kier molecular flexibility index (Phi) is 6.09. The summed E-state index contributed by atoms with van der Waals surface area (Å²) < 4.78 is 4.19. The van der Waals surface area contributed by atoms with Gasteiger partial charge in [0.1, 0.15) is 24.3 Å². The van der Waals surface area contributed by atoms with Crippen molar-refractivity contribution in [1.82, 2.24) is 4.57 Å². The lowest BCUT2D eigenvalue weighted by atomic mass is 9.95. The smallest absolute Gasteiger partial charge is 0.243 e. The quantitative estimate of drug-likeness (QED) is 0.600. The number of carbonyl (C=O) groups excluding carboxylic acids is 1. The van der Waals surface area contributed by atoms with E-state index in [1.54, 1.807) is 13.0 Å². The molecule has 6 nitrogen and oxygen atoms in total. The van der Waals surface area contributed by atoms with Crippen molar-refractivity contribution in [3.63, 3.8) is 0 Å². The van der Waals surface area contributed by atoms with Crippen LogP contribution in [0.4, 0.5) is 11.4 Å². The van der Waals surface area contributed by atoms with Crippen LogP contribution in [0.5, 0.6) is 0 Å². The molecular formula is C21H25ClN5O+. The summed E-state index contributed by atoms with van der Waals surface area (Å²) in [4.78, 5) is 18.7. The zero-order valence-corrected chi connectivity index (χ0v) is 17.1. The lowest BCUT2D eigenvalue weighted by Gasteiger charge is -2.22. The van der Waals surface area contributed by atoms with Crippen molar-refractivity contribution in [2.45, 2.75) is 25.8 Å². The number of hydrogen-bond donors (Lipinski definition) is 1. The molecule has 0 amide bonds. The SMILES string of the molecule is CCN(CCn1cc[n+](C)c1)c1ccc(N=C2C=C(C)C(=O)C(Cl)C2=N)cc1. The number of nitrogens with zero attached hydrogens (tertiary/aromatic N) is 4. The van der Waals surface area contributed by atoms with E-state index in [0.717, 1.165) is 31.0 Å². The predicted octanol–water partition coefficient (Wildman–Crippen LogP) is 3.07. The number of likely N-dealkylation sites (N-methyl/N-ethyl adjacent to an activating group) is 1. The number of carbonyl (C=O) groups is 1. The summed E-state index contributed by atoms with van der Waals surface area (Å²) in [6.07, 6.45) is 7.79. The van der Waals surface area contributed by atoms with Crippen molar-refractivity contribution >= 4 is 40.2 Å². The molecule has 1 heterocycles. The summed E-state index contributed by atoms with van der Waals surface area (Å²) in [7, 11) is 2.01. The minimum Gasteiger partial charge on any atom is -0.368 e. The molecule has 7 heteroatoms. The molecule has 1 aliphatic carbocycles. The van der Waals surface area contributed by atoms with E-state index >= 15 is 0 Å². The third-order valence-electron chi connectivity index (χ3n) is 4.80. The Balaban J connectivity index is 1.73. The Morgan fingerprint density at radius 3 is 2.64 bits per heavy atom. The van der Waals surface area contributed by atoms with Crippen molar-refractivity contribution in [3.05, 3.63) is 54.6 Å². The molecule has 1 N–H and O–H groups in total. The molecule has 0 saturated carbocycles. The third-order valence-corrected chi connectivity index (χ3v) is 5.22. The van der Waals surface area contributed by atoms with Gasteiger partial charge in [-0.05, 0) is 49.8 Å². The number of allylic oxidation sites excluding steroid dienone is 2. The van der Waals surface area contributed by atoms with Crippen molar-refractivity contribution in [3.8, 4) is 0 Å². The fraction of sp³-hybridized carbons (Fsp3) is 0.333. The third kappa shape index (κ3) is 4.39. The number of Topliss-reactive ketones (excluding diaryl/α,β-unsaturated/α-hetero) is 1. The Morgan fingerprint density at radius 2 is 2.04 bits per heavy atom. The van der Waals surface area contributed by atoms with Crippen molar-refractivity contribution in [2.75, 3.05) is 18.0 Å². The number of anilines is 1. The standard InChI is InChI=1S/C21H25ClN5O/c1-4-27(12-11-26-10-9-25(3)14-26)17-7-5-16(6-8-17)24-18-13-15(2)21(28)19(22)20(18)23/h5-10,13-14,19,23H,4,11-12H2,1-3H3/q+1. The molecule has 1 aromatic carbocycles. The van der Waals surface area contributed by atoms with Crippen LogP contribution in [0.2, 0.25) is 0 Å². The Morgan fingerprint density at radius 1 is 1.32 bits per heavy atom. The van der Waals surface area contributed by atoms with E-state index in [2.05, 4.69) is 33.9 Å². The van der Waals surface area contributed by atoms with Crippen LogP contribution in [-0.4, -0.2) is 40.2 Å². The molecule has 0 radical (unpaired) electrons.